The van der Waals surface area contributed by atoms with E-state index in [0.29, 0.717) is 16.2 Å². The minimum absolute atomic E-state index is 0.120. The topological polar surface area (TPSA) is 118 Å². The number of nitrogens with zero attached hydrogens (tertiary/aromatic N) is 4. The molecular weight excluding hydrogens is 430 g/mol. The van der Waals surface area contributed by atoms with Crippen LogP contribution in [0.1, 0.15) is 27.6 Å². The van der Waals surface area contributed by atoms with Gasteiger partial charge in [-0.2, -0.15) is 0 Å². The van der Waals surface area contributed by atoms with Gasteiger partial charge in [0.25, 0.3) is 5.91 Å². The number of benzene rings is 1. The number of aromatic nitrogens is 2. The van der Waals surface area contributed by atoms with Crippen LogP contribution in [-0.4, -0.2) is 44.9 Å². The van der Waals surface area contributed by atoms with Crippen LogP contribution in [0, 0.1) is 0 Å². The zero-order chi connectivity index (χ0) is 22.4. The van der Waals surface area contributed by atoms with Crippen LogP contribution in [0.5, 0.6) is 0 Å². The number of carbonyl (C=O) groups excluding carboxylic acids is 1. The van der Waals surface area contributed by atoms with E-state index in [4.69, 9.17) is 8.37 Å². The van der Waals surface area contributed by atoms with Crippen molar-refractivity contribution in [3.8, 4) is 0 Å². The minimum Gasteiger partial charge on any atom is -0.393 e. The fourth-order valence-electron chi connectivity index (χ4n) is 3.07. The van der Waals surface area contributed by atoms with Crippen molar-refractivity contribution in [1.29, 1.82) is 0 Å². The van der Waals surface area contributed by atoms with Gasteiger partial charge in [-0.25, -0.2) is 0 Å². The second-order valence-corrected chi connectivity index (χ2v) is 8.90. The number of carbonyl (C=O) groups is 1. The Morgan fingerprint density at radius 2 is 1.81 bits per heavy atom. The third kappa shape index (κ3) is 4.30. The molecule has 32 heavy (non-hydrogen) atoms. The van der Waals surface area contributed by atoms with Gasteiger partial charge < -0.3 is 5.11 Å². The molecule has 0 radical (unpaired) electrons. The van der Waals surface area contributed by atoms with Crippen LogP contribution in [0.15, 0.2) is 89.6 Å². The second kappa shape index (κ2) is 9.79. The van der Waals surface area contributed by atoms with Gasteiger partial charge in [0.1, 0.15) is 6.10 Å². The van der Waals surface area contributed by atoms with Gasteiger partial charge in [-0.15, -0.1) is 10.2 Å². The Morgan fingerprint density at radius 1 is 1.03 bits per heavy atom. The standard InChI is InChI=1S/C22H21N5O4S/c1-30-32(31-19(15-28)16-6-3-2-4-7-16)21(17-9-12-23-13-10-17)26-27-22(32)25-20(29)18-8-5-11-24-14-18/h2-14,19,28H,15H2,1H3,(H,25,27,29)/t19-/m0/s1. The average molecular weight is 452 g/mol. The van der Waals surface area contributed by atoms with Crippen molar-refractivity contribution >= 4 is 26.7 Å². The number of hydrogen-bond acceptors (Lipinski definition) is 8. The zero-order valence-corrected chi connectivity index (χ0v) is 18.0. The fraction of sp³-hybridized carbons (Fsp3) is 0.136. The summed E-state index contributed by atoms with van der Waals surface area (Å²) in [5.41, 5.74) is 1.77. The first-order chi connectivity index (χ1) is 15.7. The lowest BCUT2D eigenvalue weighted by Crippen LogP contribution is -2.37. The molecule has 1 unspecified atom stereocenters. The van der Waals surface area contributed by atoms with Gasteiger partial charge in [0.05, 0.1) is 19.3 Å². The highest BCUT2D eigenvalue weighted by Gasteiger charge is 2.42. The van der Waals surface area contributed by atoms with Gasteiger partial charge in [0, 0.05) is 30.4 Å². The summed E-state index contributed by atoms with van der Waals surface area (Å²) in [6, 6.07) is 16.0. The van der Waals surface area contributed by atoms with Crippen molar-refractivity contribution in [2.75, 3.05) is 13.7 Å². The first-order valence-corrected chi connectivity index (χ1v) is 11.2. The Balaban J connectivity index is 1.72. The summed E-state index contributed by atoms with van der Waals surface area (Å²) in [7, 11) is -1.38. The Hall–Kier alpha value is -3.44. The number of amidine groups is 1. The molecule has 1 amide bonds. The lowest BCUT2D eigenvalue weighted by atomic mass is 10.1. The number of nitrogens with one attached hydrogen (secondary N) is 1. The highest BCUT2D eigenvalue weighted by molar-refractivity contribution is 8.49. The van der Waals surface area contributed by atoms with Crippen molar-refractivity contribution < 1.29 is 18.3 Å². The lowest BCUT2D eigenvalue weighted by Gasteiger charge is -2.41. The van der Waals surface area contributed by atoms with Gasteiger partial charge in [-0.1, -0.05) is 40.9 Å². The highest BCUT2D eigenvalue weighted by Crippen LogP contribution is 2.59. The van der Waals surface area contributed by atoms with E-state index in [2.05, 4.69) is 25.5 Å². The summed E-state index contributed by atoms with van der Waals surface area (Å²) in [6.07, 6.45) is 5.51. The SMILES string of the molecule is COS1(O[C@@H](CO)c2ccccc2)C(NC(=O)c2cccnc2)=NN=C1c1ccncc1. The van der Waals surface area contributed by atoms with E-state index in [9.17, 15) is 9.90 Å². The van der Waals surface area contributed by atoms with Gasteiger partial charge in [-0.05, 0) is 29.8 Å². The van der Waals surface area contributed by atoms with Gasteiger partial charge in [-0.3, -0.25) is 28.4 Å². The molecule has 0 aliphatic carbocycles. The van der Waals surface area contributed by atoms with E-state index in [-0.39, 0.29) is 11.8 Å². The van der Waals surface area contributed by atoms with Gasteiger partial charge in [0.15, 0.2) is 5.04 Å². The van der Waals surface area contributed by atoms with Gasteiger partial charge in [0.2, 0.25) is 5.17 Å². The molecule has 9 nitrogen and oxygen atoms in total. The molecule has 0 spiro atoms. The predicted octanol–water partition coefficient (Wildman–Crippen LogP) is 2.97. The summed E-state index contributed by atoms with van der Waals surface area (Å²) >= 11 is 0. The predicted molar refractivity (Wildman–Crippen MR) is 122 cm³/mol. The highest BCUT2D eigenvalue weighted by atomic mass is 32.3. The maximum Gasteiger partial charge on any atom is 0.259 e. The number of aliphatic hydroxyl groups is 1. The Kier molecular flexibility index (Phi) is 6.66. The Morgan fingerprint density at radius 3 is 2.47 bits per heavy atom. The van der Waals surface area contributed by atoms with E-state index in [1.165, 1.54) is 13.3 Å². The van der Waals surface area contributed by atoms with E-state index < -0.39 is 22.6 Å². The first kappa shape index (κ1) is 21.8. The molecular formula is C22H21N5O4S. The molecule has 164 valence electrons. The average Bonchev–Trinajstić information content (AvgIpc) is 3.21. The zero-order valence-electron chi connectivity index (χ0n) is 17.2. The molecule has 1 aromatic carbocycles. The van der Waals surface area contributed by atoms with E-state index >= 15 is 0 Å². The van der Waals surface area contributed by atoms with Gasteiger partial charge >= 0.3 is 0 Å². The number of hydrogen-bond donors (Lipinski definition) is 2. The van der Waals surface area contributed by atoms with Crippen LogP contribution in [0.2, 0.25) is 0 Å². The summed E-state index contributed by atoms with van der Waals surface area (Å²) in [5.74, 6) is -0.430. The van der Waals surface area contributed by atoms with Crippen LogP contribution in [0.3, 0.4) is 0 Å². The third-order valence-electron chi connectivity index (χ3n) is 4.64. The molecule has 10 heteroatoms. The van der Waals surface area contributed by atoms with E-state index in [1.807, 2.05) is 30.3 Å². The van der Waals surface area contributed by atoms with Crippen molar-refractivity contribution in [3.05, 3.63) is 96.1 Å². The molecule has 4 rings (SSSR count). The lowest BCUT2D eigenvalue weighted by molar-refractivity contribution is 0.0975. The number of amides is 1. The fourth-order valence-corrected chi connectivity index (χ4v) is 5.30. The van der Waals surface area contributed by atoms with Crippen molar-refractivity contribution in [2.45, 2.75) is 6.10 Å². The quantitative estimate of drug-likeness (QED) is 0.570. The molecule has 2 aromatic heterocycles. The molecule has 2 atom stereocenters. The summed E-state index contributed by atoms with van der Waals surface area (Å²) < 4.78 is 12.3. The van der Waals surface area contributed by atoms with Crippen LogP contribution in [0.25, 0.3) is 0 Å². The van der Waals surface area contributed by atoms with E-state index in [0.717, 1.165) is 5.56 Å². The van der Waals surface area contributed by atoms with Crippen molar-refractivity contribution in [1.82, 2.24) is 15.3 Å². The Bertz CT molecular complexity index is 1130. The minimum atomic E-state index is -2.84. The number of aliphatic hydroxyl groups excluding tert-OH is 1. The smallest absolute Gasteiger partial charge is 0.259 e. The number of rotatable bonds is 7. The van der Waals surface area contributed by atoms with E-state index in [1.54, 1.807) is 42.9 Å². The van der Waals surface area contributed by atoms with Crippen molar-refractivity contribution in [3.63, 3.8) is 0 Å². The molecule has 0 bridgehead atoms. The maximum absolute atomic E-state index is 12.8. The molecule has 0 saturated heterocycles. The summed E-state index contributed by atoms with van der Waals surface area (Å²) in [6.45, 7) is -0.310. The summed E-state index contributed by atoms with van der Waals surface area (Å²) in [5, 5.41) is 21.9. The molecule has 1 aliphatic rings. The molecule has 0 fully saturated rings. The van der Waals surface area contributed by atoms with Crippen molar-refractivity contribution in [2.24, 2.45) is 10.2 Å². The van der Waals surface area contributed by atoms with Crippen LogP contribution < -0.4 is 5.32 Å². The third-order valence-corrected chi connectivity index (χ3v) is 7.13. The molecule has 0 saturated carbocycles. The molecule has 3 heterocycles. The molecule has 1 aliphatic heterocycles. The van der Waals surface area contributed by atoms with Crippen LogP contribution in [0.4, 0.5) is 0 Å². The van der Waals surface area contributed by atoms with Crippen LogP contribution >= 0.6 is 10.6 Å². The first-order valence-electron chi connectivity index (χ1n) is 9.68. The van der Waals surface area contributed by atoms with Crippen LogP contribution in [-0.2, 0) is 8.37 Å². The second-order valence-electron chi connectivity index (χ2n) is 6.59. The summed E-state index contributed by atoms with van der Waals surface area (Å²) in [4.78, 5) is 20.8. The normalized spacial score (nSPS) is 20.6. The largest absolute Gasteiger partial charge is 0.393 e. The number of pyridine rings is 2. The maximum atomic E-state index is 12.8. The molecule has 2 N–H and O–H groups in total. The monoisotopic (exact) mass is 451 g/mol. The molecule has 3 aromatic rings. The Labute approximate surface area is 186 Å².